The standard InChI is InChI=1S/C32H42N6O4.2H2/c1-20(2)25(16-22(33-3)19-42-5)34-27-17-26(35-36(4)31(27)40)23-10-8-12-29(24(23)18-39)38-14-13-37-28-11-7-6-9-21(28)15-30(37)32(38)41;;/h8,10,12,15-17,20,25,33-34,39H,6-7,9,11,13-14,18-19H2,1-5H3;2*1H/b22-16-;;. The zero-order valence-corrected chi connectivity index (χ0v) is 25.2. The van der Waals surface area contributed by atoms with Gasteiger partial charge >= 0.3 is 0 Å². The number of fused-ring (bicyclic) bond motifs is 3. The summed E-state index contributed by atoms with van der Waals surface area (Å²) in [6.45, 7) is 5.55. The number of rotatable bonds is 10. The summed E-state index contributed by atoms with van der Waals surface area (Å²) in [4.78, 5) is 28.7. The third-order valence-corrected chi connectivity index (χ3v) is 8.40. The van der Waals surface area contributed by atoms with Gasteiger partial charge in [-0.3, -0.25) is 9.59 Å². The number of anilines is 2. The number of benzene rings is 1. The lowest BCUT2D eigenvalue weighted by Crippen LogP contribution is -2.41. The third-order valence-electron chi connectivity index (χ3n) is 8.40. The van der Waals surface area contributed by atoms with E-state index in [1.807, 2.05) is 31.3 Å². The first-order valence-corrected chi connectivity index (χ1v) is 14.8. The summed E-state index contributed by atoms with van der Waals surface area (Å²) in [7, 11) is 5.10. The van der Waals surface area contributed by atoms with Crippen LogP contribution in [0, 0.1) is 5.92 Å². The van der Waals surface area contributed by atoms with Gasteiger partial charge in [0.2, 0.25) is 0 Å². The van der Waals surface area contributed by atoms with Gasteiger partial charge in [-0.1, -0.05) is 26.0 Å². The summed E-state index contributed by atoms with van der Waals surface area (Å²) in [6.07, 6.45) is 6.39. The zero-order valence-electron chi connectivity index (χ0n) is 25.2. The molecule has 1 amide bonds. The van der Waals surface area contributed by atoms with Crippen molar-refractivity contribution in [1.29, 1.82) is 0 Å². The molecule has 0 bridgehead atoms. The van der Waals surface area contributed by atoms with E-state index in [1.165, 1.54) is 15.9 Å². The monoisotopic (exact) mass is 578 g/mol. The van der Waals surface area contributed by atoms with E-state index in [1.54, 1.807) is 25.1 Å². The molecular formula is C32H46N6O4. The van der Waals surface area contributed by atoms with Crippen molar-refractivity contribution < 1.29 is 17.5 Å². The first-order chi connectivity index (χ1) is 20.3. The van der Waals surface area contributed by atoms with Crippen LogP contribution < -0.4 is 21.1 Å². The first kappa shape index (κ1) is 29.6. The number of hydrogen-bond donors (Lipinski definition) is 3. The Morgan fingerprint density at radius 1 is 1.19 bits per heavy atom. The summed E-state index contributed by atoms with van der Waals surface area (Å²) >= 11 is 0. The van der Waals surface area contributed by atoms with Crippen molar-refractivity contribution in [2.45, 2.75) is 58.7 Å². The van der Waals surface area contributed by atoms with Gasteiger partial charge in [-0.25, -0.2) is 4.68 Å². The Balaban J connectivity index is 0.00000264. The molecule has 0 saturated carbocycles. The smallest absolute Gasteiger partial charge is 0.289 e. The lowest BCUT2D eigenvalue weighted by molar-refractivity contribution is 0.0964. The van der Waals surface area contributed by atoms with Crippen LogP contribution in [0.1, 0.15) is 56.9 Å². The fraction of sp³-hybridized carbons (Fsp3) is 0.469. The summed E-state index contributed by atoms with van der Waals surface area (Å²) < 4.78 is 8.79. The molecule has 0 radical (unpaired) electrons. The van der Waals surface area contributed by atoms with Crippen LogP contribution in [0.4, 0.5) is 11.4 Å². The number of methoxy groups -OCH3 is 1. The van der Waals surface area contributed by atoms with Crippen molar-refractivity contribution >= 4 is 17.3 Å². The molecule has 1 aliphatic heterocycles. The molecule has 5 rings (SSSR count). The lowest BCUT2D eigenvalue weighted by Gasteiger charge is -2.31. The molecule has 10 heteroatoms. The number of aromatic nitrogens is 3. The Hall–Kier alpha value is -3.89. The summed E-state index contributed by atoms with van der Waals surface area (Å²) in [5.41, 5.74) is 6.83. The first-order valence-electron chi connectivity index (χ1n) is 14.8. The normalized spacial score (nSPS) is 15.9. The van der Waals surface area contributed by atoms with E-state index in [9.17, 15) is 14.7 Å². The van der Waals surface area contributed by atoms with Gasteiger partial charge in [-0.2, -0.15) is 5.10 Å². The van der Waals surface area contributed by atoms with Crippen LogP contribution >= 0.6 is 0 Å². The van der Waals surface area contributed by atoms with Crippen molar-refractivity contribution in [3.8, 4) is 11.3 Å². The van der Waals surface area contributed by atoms with Gasteiger partial charge in [-0.05, 0) is 61.4 Å². The average molecular weight is 579 g/mol. The van der Waals surface area contributed by atoms with Crippen LogP contribution in [0.15, 0.2) is 46.9 Å². The summed E-state index contributed by atoms with van der Waals surface area (Å²) in [5.74, 6) is 0.124. The highest BCUT2D eigenvalue weighted by Gasteiger charge is 2.31. The number of amides is 1. The Morgan fingerprint density at radius 2 is 1.98 bits per heavy atom. The van der Waals surface area contributed by atoms with Crippen LogP contribution in [0.25, 0.3) is 11.3 Å². The summed E-state index contributed by atoms with van der Waals surface area (Å²) in [5, 5.41) is 21.7. The molecule has 0 fully saturated rings. The van der Waals surface area contributed by atoms with Gasteiger partial charge in [0, 0.05) is 65.7 Å². The fourth-order valence-corrected chi connectivity index (χ4v) is 6.10. The lowest BCUT2D eigenvalue weighted by atomic mass is 9.98. The molecule has 1 aromatic carbocycles. The minimum Gasteiger partial charge on any atom is -0.392 e. The molecule has 2 aromatic heterocycles. The molecule has 0 spiro atoms. The highest BCUT2D eigenvalue weighted by molar-refractivity contribution is 6.07. The number of aliphatic hydroxyl groups excluding tert-OH is 1. The molecule has 2 aliphatic rings. The molecule has 1 unspecified atom stereocenters. The van der Waals surface area contributed by atoms with Gasteiger partial charge < -0.3 is 29.9 Å². The van der Waals surface area contributed by atoms with E-state index in [-0.39, 0.29) is 32.9 Å². The number of hydrogen-bond acceptors (Lipinski definition) is 7. The number of nitrogens with one attached hydrogen (secondary N) is 2. The molecule has 1 aliphatic carbocycles. The maximum absolute atomic E-state index is 13.8. The van der Waals surface area contributed by atoms with Gasteiger partial charge in [-0.15, -0.1) is 0 Å². The summed E-state index contributed by atoms with van der Waals surface area (Å²) in [6, 6.07) is 9.27. The maximum atomic E-state index is 13.8. The quantitative estimate of drug-likeness (QED) is 0.334. The molecule has 3 aromatic rings. The third kappa shape index (κ3) is 5.61. The van der Waals surface area contributed by atoms with Gasteiger partial charge in [0.1, 0.15) is 11.4 Å². The van der Waals surface area contributed by atoms with Crippen LogP contribution in [0.3, 0.4) is 0 Å². The Morgan fingerprint density at radius 3 is 2.69 bits per heavy atom. The van der Waals surface area contributed by atoms with Crippen molar-refractivity contribution in [2.75, 3.05) is 37.5 Å². The zero-order chi connectivity index (χ0) is 30.0. The van der Waals surface area contributed by atoms with Crippen LogP contribution in [0.2, 0.25) is 0 Å². The number of nitrogens with zero attached hydrogens (tertiary/aromatic N) is 4. The van der Waals surface area contributed by atoms with Crippen molar-refractivity contribution in [3.63, 3.8) is 0 Å². The largest absolute Gasteiger partial charge is 0.392 e. The Kier molecular flexibility index (Phi) is 8.84. The molecule has 228 valence electrons. The predicted octanol–water partition coefficient (Wildman–Crippen LogP) is 3.96. The van der Waals surface area contributed by atoms with Gasteiger partial charge in [0.25, 0.3) is 11.5 Å². The van der Waals surface area contributed by atoms with Crippen molar-refractivity contribution in [3.05, 3.63) is 75.0 Å². The number of ether oxygens (including phenoxy) is 1. The Bertz CT molecular complexity index is 1560. The number of likely N-dealkylation sites (N-methyl/N-ethyl adjacent to an activating group) is 1. The van der Waals surface area contributed by atoms with Gasteiger partial charge in [0.15, 0.2) is 0 Å². The molecule has 1 atom stereocenters. The van der Waals surface area contributed by atoms with Crippen molar-refractivity contribution in [2.24, 2.45) is 13.0 Å². The topological polar surface area (TPSA) is 114 Å². The molecule has 3 heterocycles. The maximum Gasteiger partial charge on any atom is 0.289 e. The molecule has 0 saturated heterocycles. The second-order valence-corrected chi connectivity index (χ2v) is 11.4. The predicted molar refractivity (Wildman–Crippen MR) is 169 cm³/mol. The average Bonchev–Trinajstić information content (AvgIpc) is 3.38. The van der Waals surface area contributed by atoms with Crippen molar-refractivity contribution in [1.82, 2.24) is 19.7 Å². The highest BCUT2D eigenvalue weighted by atomic mass is 16.5. The number of carbonyl (C=O) groups excluding carboxylic acids is 1. The molecule has 10 nitrogen and oxygen atoms in total. The number of aliphatic hydroxyl groups is 1. The number of aryl methyl sites for hydroxylation is 2. The SMILES string of the molecule is CN/C(=C\C(Nc1cc(-c2cccc(N3CCn4c(cc5c4CCCC5)C3=O)c2CO)nn(C)c1=O)C(C)C)COC.[HH].[HH]. The second-order valence-electron chi connectivity index (χ2n) is 11.4. The van der Waals surface area contributed by atoms with Crippen LogP contribution in [-0.2, 0) is 37.8 Å². The van der Waals surface area contributed by atoms with E-state index in [2.05, 4.69) is 40.2 Å². The van der Waals surface area contributed by atoms with E-state index in [0.29, 0.717) is 41.3 Å². The molecular weight excluding hydrogens is 532 g/mol. The Labute approximate surface area is 250 Å². The van der Waals surface area contributed by atoms with E-state index in [0.717, 1.165) is 43.6 Å². The minimum absolute atomic E-state index is 0. The van der Waals surface area contributed by atoms with Crippen LogP contribution in [-0.4, -0.2) is 58.7 Å². The van der Waals surface area contributed by atoms with Gasteiger partial charge in [0.05, 0.1) is 24.6 Å². The highest BCUT2D eigenvalue weighted by Crippen LogP contribution is 2.35. The van der Waals surface area contributed by atoms with E-state index < -0.39 is 0 Å². The molecule has 3 N–H and O–H groups in total. The van der Waals surface area contributed by atoms with E-state index in [4.69, 9.17) is 4.74 Å². The van der Waals surface area contributed by atoms with E-state index >= 15 is 0 Å². The minimum atomic E-state index is -0.278. The molecule has 42 heavy (non-hydrogen) atoms. The fourth-order valence-electron chi connectivity index (χ4n) is 6.10. The van der Waals surface area contributed by atoms with Crippen LogP contribution in [0.5, 0.6) is 0 Å². The number of carbonyl (C=O) groups is 1. The second kappa shape index (κ2) is 12.5.